The highest BCUT2D eigenvalue weighted by Gasteiger charge is 2.45. The van der Waals surface area contributed by atoms with Crippen LogP contribution in [0.3, 0.4) is 0 Å². The molecule has 2 heterocycles. The highest BCUT2D eigenvalue weighted by molar-refractivity contribution is 7.12. The average Bonchev–Trinajstić information content (AvgIpc) is 3.45. The predicted octanol–water partition coefficient (Wildman–Crippen LogP) is 3.47. The van der Waals surface area contributed by atoms with E-state index in [0.717, 1.165) is 43.4 Å². The summed E-state index contributed by atoms with van der Waals surface area (Å²) >= 11 is 1.64. The molecule has 8 heteroatoms. The van der Waals surface area contributed by atoms with Crippen LogP contribution in [0.5, 0.6) is 0 Å². The largest absolute Gasteiger partial charge is 0.374 e. The van der Waals surface area contributed by atoms with Crippen molar-refractivity contribution in [3.63, 3.8) is 0 Å². The number of fused-ring (bicyclic) bond motifs is 2. The zero-order chi connectivity index (χ0) is 21.0. The third kappa shape index (κ3) is 3.13. The van der Waals surface area contributed by atoms with Crippen molar-refractivity contribution >= 4 is 16.9 Å². The highest BCUT2D eigenvalue weighted by atomic mass is 32.1. The molecule has 0 amide bonds. The first kappa shape index (κ1) is 19.9. The quantitative estimate of drug-likeness (QED) is 0.675. The van der Waals surface area contributed by atoms with Gasteiger partial charge in [-0.05, 0) is 68.5 Å². The molecule has 2 aromatic rings. The van der Waals surface area contributed by atoms with Gasteiger partial charge in [0.25, 0.3) is 5.56 Å². The Morgan fingerprint density at radius 3 is 2.77 bits per heavy atom. The fourth-order valence-corrected chi connectivity index (χ4v) is 6.61. The van der Waals surface area contributed by atoms with Crippen LogP contribution in [0.15, 0.2) is 21.5 Å². The van der Waals surface area contributed by atoms with Gasteiger partial charge in [-0.3, -0.25) is 9.78 Å². The molecule has 3 aliphatic rings. The van der Waals surface area contributed by atoms with Crippen molar-refractivity contribution in [1.82, 2.24) is 9.97 Å². The number of ether oxygens (including phenoxy) is 1. The third-order valence-electron chi connectivity index (χ3n) is 6.68. The SMILES string of the molecule is COC1c2[nH]c(=O)[nH]c(=O)c2C(C2CC2)=C(F)C1c1cc2c(s1)CCCC2CCN. The Kier molecular flexibility index (Phi) is 5.03. The zero-order valence-electron chi connectivity index (χ0n) is 16.9. The monoisotopic (exact) mass is 431 g/mol. The van der Waals surface area contributed by atoms with Crippen molar-refractivity contribution in [3.8, 4) is 0 Å². The number of allylic oxidation sites excluding steroid dienone is 1. The van der Waals surface area contributed by atoms with Gasteiger partial charge < -0.3 is 15.5 Å². The minimum absolute atomic E-state index is 0.0237. The number of hydrogen-bond acceptors (Lipinski definition) is 5. The van der Waals surface area contributed by atoms with Crippen LogP contribution < -0.4 is 17.0 Å². The maximum absolute atomic E-state index is 16.0. The Bertz CT molecular complexity index is 1130. The smallest absolute Gasteiger partial charge is 0.326 e. The van der Waals surface area contributed by atoms with E-state index in [-0.39, 0.29) is 17.3 Å². The summed E-state index contributed by atoms with van der Waals surface area (Å²) in [6, 6.07) is 2.12. The van der Waals surface area contributed by atoms with Crippen LogP contribution in [-0.4, -0.2) is 23.6 Å². The molecule has 6 nitrogen and oxygen atoms in total. The Hall–Kier alpha value is -2.03. The van der Waals surface area contributed by atoms with Crippen LogP contribution in [0, 0.1) is 5.92 Å². The molecule has 3 unspecified atom stereocenters. The lowest BCUT2D eigenvalue weighted by Gasteiger charge is -2.31. The van der Waals surface area contributed by atoms with E-state index >= 15 is 4.39 Å². The Balaban J connectivity index is 1.68. The van der Waals surface area contributed by atoms with Crippen LogP contribution in [0.25, 0.3) is 5.57 Å². The molecule has 0 aromatic carbocycles. The number of aryl methyl sites for hydroxylation is 1. The summed E-state index contributed by atoms with van der Waals surface area (Å²) in [6.07, 6.45) is 5.11. The second-order valence-corrected chi connectivity index (χ2v) is 9.73. The topological polar surface area (TPSA) is 101 Å². The van der Waals surface area contributed by atoms with Crippen molar-refractivity contribution in [3.05, 3.63) is 59.3 Å². The van der Waals surface area contributed by atoms with Gasteiger partial charge in [0, 0.05) is 22.4 Å². The fourth-order valence-electron chi connectivity index (χ4n) is 5.19. The zero-order valence-corrected chi connectivity index (χ0v) is 17.7. The molecular formula is C22H26FN3O3S. The molecule has 3 aliphatic carbocycles. The van der Waals surface area contributed by atoms with Crippen molar-refractivity contribution in [2.45, 2.75) is 56.5 Å². The third-order valence-corrected chi connectivity index (χ3v) is 7.97. The van der Waals surface area contributed by atoms with Gasteiger partial charge in [-0.15, -0.1) is 11.3 Å². The number of aromatic amines is 2. The number of methoxy groups -OCH3 is 1. The summed E-state index contributed by atoms with van der Waals surface area (Å²) in [7, 11) is 1.50. The molecule has 0 radical (unpaired) electrons. The summed E-state index contributed by atoms with van der Waals surface area (Å²) in [6.45, 7) is 0.636. The molecule has 5 rings (SSSR count). The lowest BCUT2D eigenvalue weighted by molar-refractivity contribution is 0.0768. The number of thiophene rings is 1. The van der Waals surface area contributed by atoms with E-state index in [2.05, 4.69) is 16.0 Å². The van der Waals surface area contributed by atoms with Gasteiger partial charge >= 0.3 is 5.69 Å². The number of halogens is 1. The number of hydrogen-bond donors (Lipinski definition) is 3. The number of aromatic nitrogens is 2. The number of nitrogens with one attached hydrogen (secondary N) is 2. The van der Waals surface area contributed by atoms with Crippen LogP contribution in [-0.2, 0) is 11.2 Å². The van der Waals surface area contributed by atoms with Gasteiger partial charge in [-0.2, -0.15) is 0 Å². The minimum Gasteiger partial charge on any atom is -0.374 e. The molecule has 4 N–H and O–H groups in total. The lowest BCUT2D eigenvalue weighted by atomic mass is 9.80. The maximum atomic E-state index is 16.0. The number of nitrogens with two attached hydrogens (primary N) is 1. The van der Waals surface area contributed by atoms with Gasteiger partial charge in [0.15, 0.2) is 0 Å². The summed E-state index contributed by atoms with van der Waals surface area (Å²) in [5.74, 6) is -0.498. The second-order valence-electron chi connectivity index (χ2n) is 8.56. The number of H-pyrrole nitrogens is 2. The van der Waals surface area contributed by atoms with Gasteiger partial charge in [0.05, 0.1) is 17.2 Å². The summed E-state index contributed by atoms with van der Waals surface area (Å²) < 4.78 is 21.7. The lowest BCUT2D eigenvalue weighted by Crippen LogP contribution is -2.34. The molecule has 3 atom stereocenters. The van der Waals surface area contributed by atoms with Gasteiger partial charge in [-0.25, -0.2) is 9.18 Å². The van der Waals surface area contributed by atoms with E-state index in [4.69, 9.17) is 10.5 Å². The summed E-state index contributed by atoms with van der Waals surface area (Å²) in [5.41, 5.74) is 7.06. The van der Waals surface area contributed by atoms with E-state index in [0.29, 0.717) is 23.7 Å². The highest BCUT2D eigenvalue weighted by Crippen LogP contribution is 2.55. The van der Waals surface area contributed by atoms with Crippen molar-refractivity contribution in [2.24, 2.45) is 11.7 Å². The van der Waals surface area contributed by atoms with Gasteiger partial charge in [0.2, 0.25) is 0 Å². The predicted molar refractivity (Wildman–Crippen MR) is 115 cm³/mol. The van der Waals surface area contributed by atoms with E-state index in [1.54, 1.807) is 11.3 Å². The summed E-state index contributed by atoms with van der Waals surface area (Å²) in [5, 5.41) is 0. The molecule has 30 heavy (non-hydrogen) atoms. The van der Waals surface area contributed by atoms with Gasteiger partial charge in [-0.1, -0.05) is 0 Å². The molecule has 1 fully saturated rings. The maximum Gasteiger partial charge on any atom is 0.326 e. The number of rotatable bonds is 5. The van der Waals surface area contributed by atoms with Crippen LogP contribution in [0.1, 0.15) is 76.6 Å². The average molecular weight is 432 g/mol. The Morgan fingerprint density at radius 1 is 1.27 bits per heavy atom. The van der Waals surface area contributed by atoms with Crippen molar-refractivity contribution in [1.29, 1.82) is 0 Å². The van der Waals surface area contributed by atoms with E-state index in [9.17, 15) is 9.59 Å². The molecule has 2 aromatic heterocycles. The van der Waals surface area contributed by atoms with E-state index in [1.807, 2.05) is 0 Å². The van der Waals surface area contributed by atoms with Crippen LogP contribution >= 0.6 is 11.3 Å². The molecular weight excluding hydrogens is 405 g/mol. The first-order valence-corrected chi connectivity index (χ1v) is 11.5. The second kappa shape index (κ2) is 7.59. The Morgan fingerprint density at radius 2 is 2.07 bits per heavy atom. The first-order valence-electron chi connectivity index (χ1n) is 10.6. The van der Waals surface area contributed by atoms with E-state index in [1.165, 1.54) is 17.6 Å². The summed E-state index contributed by atoms with van der Waals surface area (Å²) in [4.78, 5) is 31.8. The van der Waals surface area contributed by atoms with E-state index < -0.39 is 23.3 Å². The molecule has 160 valence electrons. The Labute approximate surface area is 177 Å². The first-order chi connectivity index (χ1) is 14.5. The minimum atomic E-state index is -0.745. The molecule has 0 saturated heterocycles. The molecule has 0 spiro atoms. The van der Waals surface area contributed by atoms with Crippen molar-refractivity contribution in [2.75, 3.05) is 13.7 Å². The standard InChI is InChI=1S/C22H26FN3O3S/c1-29-20-16(14-9-12-10(7-8-24)3-2-4-13(12)30-14)18(23)15(11-5-6-11)17-19(20)25-22(28)26-21(17)27/h9-11,16,20H,2-8,24H2,1H3,(H2,25,26,27,28). The van der Waals surface area contributed by atoms with Crippen molar-refractivity contribution < 1.29 is 9.13 Å². The van der Waals surface area contributed by atoms with Gasteiger partial charge in [0.1, 0.15) is 11.9 Å². The fraction of sp³-hybridized carbons (Fsp3) is 0.545. The molecule has 0 aliphatic heterocycles. The van der Waals surface area contributed by atoms with Crippen LogP contribution in [0.2, 0.25) is 0 Å². The van der Waals surface area contributed by atoms with Crippen LogP contribution in [0.4, 0.5) is 4.39 Å². The molecule has 0 bridgehead atoms. The normalized spacial score (nSPS) is 25.9. The molecule has 1 saturated carbocycles.